The highest BCUT2D eigenvalue weighted by Gasteiger charge is 2.41. The molecule has 1 aliphatic heterocycles. The van der Waals surface area contributed by atoms with Crippen LogP contribution in [0.25, 0.3) is 0 Å². The molecule has 9 heteroatoms. The summed E-state index contributed by atoms with van der Waals surface area (Å²) >= 11 is 11.9. The summed E-state index contributed by atoms with van der Waals surface area (Å²) in [5.41, 5.74) is 1.11. The monoisotopic (exact) mass is 447 g/mol. The average Bonchev–Trinajstić information content (AvgIpc) is 2.95. The number of hydrogen-bond acceptors (Lipinski definition) is 4. The van der Waals surface area contributed by atoms with Gasteiger partial charge < -0.3 is 10.6 Å². The summed E-state index contributed by atoms with van der Waals surface area (Å²) in [5, 5.41) is 5.63. The van der Waals surface area contributed by atoms with Crippen LogP contribution in [0.2, 0.25) is 10.0 Å². The Hall–Kier alpha value is -2.90. The van der Waals surface area contributed by atoms with E-state index in [-0.39, 0.29) is 46.6 Å². The molecule has 0 radical (unpaired) electrons. The van der Waals surface area contributed by atoms with Crippen LogP contribution in [0.3, 0.4) is 0 Å². The minimum absolute atomic E-state index is 0.113. The van der Waals surface area contributed by atoms with Crippen LogP contribution in [0, 0.1) is 0 Å². The van der Waals surface area contributed by atoms with E-state index >= 15 is 0 Å². The van der Waals surface area contributed by atoms with Gasteiger partial charge in [-0.2, -0.15) is 0 Å². The molecule has 1 heterocycles. The van der Waals surface area contributed by atoms with E-state index in [1.165, 1.54) is 19.1 Å². The normalized spacial score (nSPS) is 13.8. The molecular weight excluding hydrogens is 429 g/mol. The molecule has 2 N–H and O–H groups in total. The number of carbonyl (C=O) groups excluding carboxylic acids is 4. The summed E-state index contributed by atoms with van der Waals surface area (Å²) in [4.78, 5) is 50.4. The van der Waals surface area contributed by atoms with Crippen molar-refractivity contribution in [1.29, 1.82) is 0 Å². The van der Waals surface area contributed by atoms with Gasteiger partial charge in [0.1, 0.15) is 6.04 Å². The SMILES string of the molecule is CC(C(=O)NCCNC(=O)Cc1ccccc1)N1C(=O)c2cc(Cl)c(Cl)cc2C1=O. The van der Waals surface area contributed by atoms with Gasteiger partial charge in [-0.25, -0.2) is 0 Å². The van der Waals surface area contributed by atoms with Crippen molar-refractivity contribution in [2.75, 3.05) is 13.1 Å². The van der Waals surface area contributed by atoms with E-state index in [2.05, 4.69) is 10.6 Å². The maximum atomic E-state index is 12.6. The van der Waals surface area contributed by atoms with Crippen LogP contribution >= 0.6 is 23.2 Å². The molecule has 1 aliphatic rings. The Kier molecular flexibility index (Phi) is 6.74. The smallest absolute Gasteiger partial charge is 0.262 e. The Morgan fingerprint density at radius 1 is 0.933 bits per heavy atom. The van der Waals surface area contributed by atoms with Gasteiger partial charge in [-0.3, -0.25) is 24.1 Å². The number of nitrogens with zero attached hydrogens (tertiary/aromatic N) is 1. The highest BCUT2D eigenvalue weighted by atomic mass is 35.5. The van der Waals surface area contributed by atoms with Crippen molar-refractivity contribution in [3.05, 3.63) is 69.2 Å². The number of hydrogen-bond donors (Lipinski definition) is 2. The molecule has 0 bridgehead atoms. The Bertz CT molecular complexity index is 970. The molecule has 2 aromatic rings. The Morgan fingerprint density at radius 3 is 2.03 bits per heavy atom. The van der Waals surface area contributed by atoms with Crippen LogP contribution in [0.5, 0.6) is 0 Å². The summed E-state index contributed by atoms with van der Waals surface area (Å²) < 4.78 is 0. The molecule has 156 valence electrons. The summed E-state index contributed by atoms with van der Waals surface area (Å²) in [6, 6.07) is 10.9. The van der Waals surface area contributed by atoms with Crippen molar-refractivity contribution < 1.29 is 19.2 Å². The van der Waals surface area contributed by atoms with Crippen molar-refractivity contribution in [3.63, 3.8) is 0 Å². The third-order valence-corrected chi connectivity index (χ3v) is 5.40. The quantitative estimate of drug-likeness (QED) is 0.503. The van der Waals surface area contributed by atoms with Gasteiger partial charge >= 0.3 is 0 Å². The topological polar surface area (TPSA) is 95.6 Å². The zero-order valence-corrected chi connectivity index (χ0v) is 17.6. The number of nitrogens with one attached hydrogen (secondary N) is 2. The number of rotatable bonds is 7. The number of carbonyl (C=O) groups is 4. The van der Waals surface area contributed by atoms with E-state index in [1.807, 2.05) is 30.3 Å². The van der Waals surface area contributed by atoms with Gasteiger partial charge in [0.05, 0.1) is 27.6 Å². The maximum Gasteiger partial charge on any atom is 0.262 e. The molecule has 7 nitrogen and oxygen atoms in total. The Morgan fingerprint density at radius 2 is 1.47 bits per heavy atom. The largest absolute Gasteiger partial charge is 0.354 e. The van der Waals surface area contributed by atoms with E-state index in [0.29, 0.717) is 0 Å². The number of amides is 4. The lowest BCUT2D eigenvalue weighted by atomic mass is 10.1. The van der Waals surface area contributed by atoms with Crippen molar-refractivity contribution in [2.24, 2.45) is 0 Å². The number of halogens is 2. The lowest BCUT2D eigenvalue weighted by Crippen LogP contribution is -2.49. The second kappa shape index (κ2) is 9.28. The molecule has 30 heavy (non-hydrogen) atoms. The van der Waals surface area contributed by atoms with Crippen molar-refractivity contribution in [1.82, 2.24) is 15.5 Å². The van der Waals surface area contributed by atoms with Crippen LogP contribution in [0.15, 0.2) is 42.5 Å². The molecule has 2 aromatic carbocycles. The fourth-order valence-corrected chi connectivity index (χ4v) is 3.43. The third-order valence-electron chi connectivity index (χ3n) is 4.68. The average molecular weight is 448 g/mol. The fourth-order valence-electron chi connectivity index (χ4n) is 3.10. The summed E-state index contributed by atoms with van der Waals surface area (Å²) in [6.45, 7) is 1.83. The zero-order chi connectivity index (χ0) is 21.8. The standard InChI is InChI=1S/C21H19Cl2N3O4/c1-12(26-20(29)14-10-16(22)17(23)11-15(14)21(26)30)19(28)25-8-7-24-18(27)9-13-5-3-2-4-6-13/h2-6,10-12H,7-9H2,1H3,(H,24,27)(H,25,28). The molecule has 0 saturated carbocycles. The van der Waals surface area contributed by atoms with Gasteiger partial charge in [0.25, 0.3) is 11.8 Å². The van der Waals surface area contributed by atoms with Crippen molar-refractivity contribution >= 4 is 46.8 Å². The van der Waals surface area contributed by atoms with Crippen LogP contribution in [0.1, 0.15) is 33.2 Å². The first-order valence-corrected chi connectivity index (χ1v) is 10.0. The van der Waals surface area contributed by atoms with Crippen LogP contribution in [-0.2, 0) is 16.0 Å². The predicted octanol–water partition coefficient (Wildman–Crippen LogP) is 2.45. The van der Waals surface area contributed by atoms with E-state index < -0.39 is 23.8 Å². The first-order valence-electron chi connectivity index (χ1n) is 9.25. The maximum absolute atomic E-state index is 12.6. The van der Waals surface area contributed by atoms with E-state index in [4.69, 9.17) is 23.2 Å². The first-order chi connectivity index (χ1) is 14.3. The van der Waals surface area contributed by atoms with Crippen LogP contribution in [-0.4, -0.2) is 47.7 Å². The Balaban J connectivity index is 1.51. The molecule has 0 aliphatic carbocycles. The molecule has 0 saturated heterocycles. The third kappa shape index (κ3) is 4.63. The van der Waals surface area contributed by atoms with Gasteiger partial charge in [0, 0.05) is 13.1 Å². The Labute approximate surface area is 183 Å². The fraction of sp³-hybridized carbons (Fsp3) is 0.238. The summed E-state index contributed by atoms with van der Waals surface area (Å²) in [7, 11) is 0. The van der Waals surface area contributed by atoms with Crippen molar-refractivity contribution in [2.45, 2.75) is 19.4 Å². The van der Waals surface area contributed by atoms with Gasteiger partial charge in [0.15, 0.2) is 0 Å². The van der Waals surface area contributed by atoms with Crippen LogP contribution < -0.4 is 10.6 Å². The highest BCUT2D eigenvalue weighted by molar-refractivity contribution is 6.43. The summed E-state index contributed by atoms with van der Waals surface area (Å²) in [5.74, 6) is -1.89. The van der Waals surface area contributed by atoms with Crippen molar-refractivity contribution in [3.8, 4) is 0 Å². The lowest BCUT2D eigenvalue weighted by Gasteiger charge is -2.21. The molecule has 4 amide bonds. The number of benzene rings is 2. The second-order valence-electron chi connectivity index (χ2n) is 6.77. The minimum atomic E-state index is -1.03. The van der Waals surface area contributed by atoms with E-state index in [0.717, 1.165) is 10.5 Å². The highest BCUT2D eigenvalue weighted by Crippen LogP contribution is 2.32. The van der Waals surface area contributed by atoms with Gasteiger partial charge in [-0.05, 0) is 24.6 Å². The number of imide groups is 1. The number of fused-ring (bicyclic) bond motifs is 1. The lowest BCUT2D eigenvalue weighted by molar-refractivity contribution is -0.125. The minimum Gasteiger partial charge on any atom is -0.354 e. The van der Waals surface area contributed by atoms with E-state index in [1.54, 1.807) is 0 Å². The second-order valence-corrected chi connectivity index (χ2v) is 7.59. The zero-order valence-electron chi connectivity index (χ0n) is 16.1. The van der Waals surface area contributed by atoms with Gasteiger partial charge in [-0.1, -0.05) is 53.5 Å². The van der Waals surface area contributed by atoms with Gasteiger partial charge in [-0.15, -0.1) is 0 Å². The predicted molar refractivity (Wildman–Crippen MR) is 113 cm³/mol. The van der Waals surface area contributed by atoms with Gasteiger partial charge in [0.2, 0.25) is 11.8 Å². The molecule has 1 unspecified atom stereocenters. The molecule has 3 rings (SSSR count). The first kappa shape index (κ1) is 21.8. The molecule has 0 aromatic heterocycles. The molecule has 0 fully saturated rings. The molecular formula is C21H19Cl2N3O4. The van der Waals surface area contributed by atoms with E-state index in [9.17, 15) is 19.2 Å². The molecule has 0 spiro atoms. The summed E-state index contributed by atoms with van der Waals surface area (Å²) in [6.07, 6.45) is 0.241. The van der Waals surface area contributed by atoms with Crippen LogP contribution in [0.4, 0.5) is 0 Å². The molecule has 1 atom stereocenters.